The Morgan fingerprint density at radius 2 is 2.24 bits per heavy atom. The van der Waals surface area contributed by atoms with Gasteiger partial charge in [-0.2, -0.15) is 0 Å². The van der Waals surface area contributed by atoms with Crippen molar-refractivity contribution in [3.63, 3.8) is 0 Å². The van der Waals surface area contributed by atoms with Crippen molar-refractivity contribution in [3.8, 4) is 0 Å². The molecule has 118 valence electrons. The van der Waals surface area contributed by atoms with Crippen molar-refractivity contribution in [2.24, 2.45) is 5.73 Å². The first-order valence-corrected chi connectivity index (χ1v) is 8.64. The number of carbonyl (C=O) groups excluding carboxylic acids is 1. The SMILES string of the molecule is CCOC1CC(N)C1NS(=O)(=O)c1nnc(NC(C)=O)s1. The lowest BCUT2D eigenvalue weighted by molar-refractivity contribution is -0.114. The van der Waals surface area contributed by atoms with Crippen molar-refractivity contribution in [1.82, 2.24) is 14.9 Å². The molecule has 1 aromatic heterocycles. The lowest BCUT2D eigenvalue weighted by Crippen LogP contribution is -2.64. The number of nitrogens with one attached hydrogen (secondary N) is 2. The second-order valence-corrected chi connectivity index (χ2v) is 7.46. The first kappa shape index (κ1) is 16.2. The third-order valence-corrected chi connectivity index (χ3v) is 5.62. The maximum Gasteiger partial charge on any atom is 0.270 e. The Morgan fingerprint density at radius 3 is 2.81 bits per heavy atom. The van der Waals surface area contributed by atoms with E-state index in [-0.39, 0.29) is 27.5 Å². The van der Waals surface area contributed by atoms with E-state index in [0.29, 0.717) is 13.0 Å². The van der Waals surface area contributed by atoms with Gasteiger partial charge < -0.3 is 15.8 Å². The number of amides is 1. The maximum absolute atomic E-state index is 12.2. The summed E-state index contributed by atoms with van der Waals surface area (Å²) in [5, 5.41) is 9.68. The van der Waals surface area contributed by atoms with Crippen LogP contribution in [0.3, 0.4) is 0 Å². The topological polar surface area (TPSA) is 136 Å². The molecular formula is C10H17N5O4S2. The summed E-state index contributed by atoms with van der Waals surface area (Å²) in [5.74, 6) is -0.347. The van der Waals surface area contributed by atoms with E-state index in [1.54, 1.807) is 0 Å². The highest BCUT2D eigenvalue weighted by Gasteiger charge is 2.42. The molecule has 1 heterocycles. The third kappa shape index (κ3) is 3.74. The summed E-state index contributed by atoms with van der Waals surface area (Å²) < 4.78 is 32.1. The minimum absolute atomic E-state index is 0.127. The lowest BCUT2D eigenvalue weighted by Gasteiger charge is -2.41. The van der Waals surface area contributed by atoms with Crippen LogP contribution in [0.5, 0.6) is 0 Å². The fraction of sp³-hybridized carbons (Fsp3) is 0.700. The molecule has 1 saturated carbocycles. The van der Waals surface area contributed by atoms with Crippen LogP contribution < -0.4 is 15.8 Å². The van der Waals surface area contributed by atoms with Crippen molar-refractivity contribution < 1.29 is 17.9 Å². The summed E-state index contributed by atoms with van der Waals surface area (Å²) >= 11 is 0.774. The first-order valence-electron chi connectivity index (χ1n) is 6.34. The molecule has 2 rings (SSSR count). The monoisotopic (exact) mass is 335 g/mol. The van der Waals surface area contributed by atoms with Crippen LogP contribution >= 0.6 is 11.3 Å². The van der Waals surface area contributed by atoms with E-state index in [4.69, 9.17) is 10.5 Å². The highest BCUT2D eigenvalue weighted by molar-refractivity contribution is 7.91. The van der Waals surface area contributed by atoms with Crippen LogP contribution in [0.25, 0.3) is 0 Å². The molecule has 1 aromatic rings. The normalized spacial score (nSPS) is 25.4. The summed E-state index contributed by atoms with van der Waals surface area (Å²) in [6, 6.07) is -0.776. The molecule has 0 radical (unpaired) electrons. The highest BCUT2D eigenvalue weighted by Crippen LogP contribution is 2.26. The molecule has 21 heavy (non-hydrogen) atoms. The highest BCUT2D eigenvalue weighted by atomic mass is 32.2. The van der Waals surface area contributed by atoms with Gasteiger partial charge in [-0.1, -0.05) is 11.3 Å². The second kappa shape index (κ2) is 6.32. The molecule has 3 atom stereocenters. The van der Waals surface area contributed by atoms with Gasteiger partial charge in [-0.05, 0) is 13.3 Å². The minimum atomic E-state index is -3.84. The molecule has 1 aliphatic carbocycles. The van der Waals surface area contributed by atoms with Gasteiger partial charge >= 0.3 is 0 Å². The molecular weight excluding hydrogens is 318 g/mol. The van der Waals surface area contributed by atoms with Gasteiger partial charge in [0, 0.05) is 19.6 Å². The van der Waals surface area contributed by atoms with Crippen LogP contribution in [0.15, 0.2) is 4.34 Å². The largest absolute Gasteiger partial charge is 0.377 e. The van der Waals surface area contributed by atoms with Crippen LogP contribution in [0.2, 0.25) is 0 Å². The second-order valence-electron chi connectivity index (χ2n) is 4.59. The van der Waals surface area contributed by atoms with E-state index in [9.17, 15) is 13.2 Å². The zero-order valence-electron chi connectivity index (χ0n) is 11.6. The summed E-state index contributed by atoms with van der Waals surface area (Å²) in [4.78, 5) is 10.9. The summed E-state index contributed by atoms with van der Waals surface area (Å²) in [6.07, 6.45) is 0.372. The first-order chi connectivity index (χ1) is 9.83. The lowest BCUT2D eigenvalue weighted by atomic mass is 9.84. The quantitative estimate of drug-likeness (QED) is 0.583. The smallest absolute Gasteiger partial charge is 0.270 e. The Kier molecular flexibility index (Phi) is 4.88. The van der Waals surface area contributed by atoms with Crippen LogP contribution in [-0.2, 0) is 19.6 Å². The Balaban J connectivity index is 2.07. The van der Waals surface area contributed by atoms with Crippen molar-refractivity contribution in [2.45, 2.75) is 42.8 Å². The Hall–Kier alpha value is -1.14. The molecule has 0 spiro atoms. The van der Waals surface area contributed by atoms with Gasteiger partial charge in [0.25, 0.3) is 10.0 Å². The van der Waals surface area contributed by atoms with E-state index in [1.165, 1.54) is 6.92 Å². The van der Waals surface area contributed by atoms with E-state index >= 15 is 0 Å². The van der Waals surface area contributed by atoms with Gasteiger partial charge in [-0.25, -0.2) is 13.1 Å². The average Bonchev–Trinajstić information content (AvgIpc) is 2.84. The average molecular weight is 335 g/mol. The van der Waals surface area contributed by atoms with Gasteiger partial charge in [-0.15, -0.1) is 10.2 Å². The van der Waals surface area contributed by atoms with Gasteiger partial charge in [0.1, 0.15) is 0 Å². The van der Waals surface area contributed by atoms with E-state index in [1.807, 2.05) is 6.92 Å². The zero-order valence-corrected chi connectivity index (χ0v) is 13.2. The Labute approximate surface area is 126 Å². The Morgan fingerprint density at radius 1 is 1.52 bits per heavy atom. The van der Waals surface area contributed by atoms with Gasteiger partial charge in [-0.3, -0.25) is 4.79 Å². The summed E-state index contributed by atoms with van der Waals surface area (Å²) in [5.41, 5.74) is 5.80. The summed E-state index contributed by atoms with van der Waals surface area (Å²) in [7, 11) is -3.84. The van der Waals surface area contributed by atoms with Crippen LogP contribution in [0, 0.1) is 0 Å². The van der Waals surface area contributed by atoms with Crippen molar-refractivity contribution >= 4 is 32.4 Å². The predicted octanol–water partition coefficient (Wildman–Crippen LogP) is -0.720. The van der Waals surface area contributed by atoms with Crippen molar-refractivity contribution in [1.29, 1.82) is 0 Å². The number of rotatable bonds is 6. The molecule has 9 nitrogen and oxygen atoms in total. The standard InChI is InChI=1S/C10H17N5O4S2/c1-3-19-7-4-6(11)8(7)15-21(17,18)10-14-13-9(20-10)12-5(2)16/h6-8,15H,3-4,11H2,1-2H3,(H,12,13,16). The van der Waals surface area contributed by atoms with E-state index in [2.05, 4.69) is 20.2 Å². The number of hydrogen-bond donors (Lipinski definition) is 3. The van der Waals surface area contributed by atoms with Crippen molar-refractivity contribution in [3.05, 3.63) is 0 Å². The maximum atomic E-state index is 12.2. The van der Waals surface area contributed by atoms with Crippen LogP contribution in [0.4, 0.5) is 5.13 Å². The molecule has 11 heteroatoms. The number of aromatic nitrogens is 2. The number of carbonyl (C=O) groups is 1. The van der Waals surface area contributed by atoms with Gasteiger partial charge in [0.15, 0.2) is 0 Å². The van der Waals surface area contributed by atoms with Crippen LogP contribution in [0.1, 0.15) is 20.3 Å². The number of ether oxygens (including phenoxy) is 1. The molecule has 1 aliphatic rings. The molecule has 1 fully saturated rings. The molecule has 0 aromatic carbocycles. The Bertz CT molecular complexity index is 615. The molecule has 0 bridgehead atoms. The molecule has 3 unspecified atom stereocenters. The minimum Gasteiger partial charge on any atom is -0.377 e. The van der Waals surface area contributed by atoms with E-state index in [0.717, 1.165) is 11.3 Å². The van der Waals surface area contributed by atoms with Crippen LogP contribution in [-0.4, -0.2) is 49.3 Å². The molecule has 1 amide bonds. The predicted molar refractivity (Wildman–Crippen MR) is 76.3 cm³/mol. The fourth-order valence-corrected chi connectivity index (χ4v) is 4.22. The fourth-order valence-electron chi connectivity index (χ4n) is 1.94. The number of nitrogens with zero attached hydrogens (tertiary/aromatic N) is 2. The zero-order chi connectivity index (χ0) is 15.6. The number of anilines is 1. The third-order valence-electron chi connectivity index (χ3n) is 2.96. The number of sulfonamides is 1. The molecule has 0 aliphatic heterocycles. The molecule has 4 N–H and O–H groups in total. The van der Waals surface area contributed by atoms with Gasteiger partial charge in [0.05, 0.1) is 12.1 Å². The molecule has 0 saturated heterocycles. The summed E-state index contributed by atoms with van der Waals surface area (Å²) in [6.45, 7) is 3.62. The number of nitrogens with two attached hydrogens (primary N) is 1. The van der Waals surface area contributed by atoms with Gasteiger partial charge in [0.2, 0.25) is 15.4 Å². The van der Waals surface area contributed by atoms with E-state index < -0.39 is 16.1 Å². The number of hydrogen-bond acceptors (Lipinski definition) is 8. The van der Waals surface area contributed by atoms with Crippen molar-refractivity contribution in [2.75, 3.05) is 11.9 Å².